The van der Waals surface area contributed by atoms with E-state index >= 15 is 0 Å². The Morgan fingerprint density at radius 2 is 1.79 bits per heavy atom. The first-order chi connectivity index (χ1) is 13.3. The topological polar surface area (TPSA) is 88.1 Å². The highest BCUT2D eigenvalue weighted by Gasteiger charge is 2.20. The van der Waals surface area contributed by atoms with Crippen molar-refractivity contribution >= 4 is 27.8 Å². The first-order valence-corrected chi connectivity index (χ1v) is 10.7. The maximum Gasteiger partial charge on any atom is 0.260 e. The van der Waals surface area contributed by atoms with Crippen LogP contribution in [0.25, 0.3) is 0 Å². The van der Waals surface area contributed by atoms with E-state index in [9.17, 15) is 13.2 Å². The van der Waals surface area contributed by atoms with Crippen LogP contribution in [0.5, 0.6) is 5.75 Å². The Morgan fingerprint density at radius 1 is 1.14 bits per heavy atom. The van der Waals surface area contributed by atoms with Crippen LogP contribution in [0, 0.1) is 5.92 Å². The molecule has 0 aliphatic heterocycles. The number of sulfonamides is 1. The fourth-order valence-corrected chi connectivity index (χ4v) is 3.11. The predicted molar refractivity (Wildman–Crippen MR) is 111 cm³/mol. The summed E-state index contributed by atoms with van der Waals surface area (Å²) in [5, 5.41) is 3.89. The van der Waals surface area contributed by atoms with Gasteiger partial charge in [-0.05, 0) is 47.9 Å². The molecule has 8 heteroatoms. The summed E-state index contributed by atoms with van der Waals surface area (Å²) in [6.07, 6.45) is 2.54. The van der Waals surface area contributed by atoms with E-state index in [2.05, 4.69) is 24.4 Å². The summed E-state index contributed by atoms with van der Waals surface area (Å²) in [5.41, 5.74) is 3.55. The van der Waals surface area contributed by atoms with Crippen LogP contribution >= 0.6 is 0 Å². The number of carbonyl (C=O) groups excluding carboxylic acids is 1. The van der Waals surface area contributed by atoms with E-state index in [1.54, 1.807) is 30.3 Å². The van der Waals surface area contributed by atoms with Crippen molar-refractivity contribution in [1.29, 1.82) is 0 Å². The minimum absolute atomic E-state index is 0.359. The van der Waals surface area contributed by atoms with Gasteiger partial charge in [-0.15, -0.1) is 0 Å². The van der Waals surface area contributed by atoms with Gasteiger partial charge < -0.3 is 4.74 Å². The molecule has 0 aromatic heterocycles. The van der Waals surface area contributed by atoms with Crippen molar-refractivity contribution in [1.82, 2.24) is 5.43 Å². The lowest BCUT2D eigenvalue weighted by molar-refractivity contribution is -0.119. The molecule has 0 saturated carbocycles. The smallest absolute Gasteiger partial charge is 0.260 e. The number of ether oxygens (including phenoxy) is 1. The summed E-state index contributed by atoms with van der Waals surface area (Å²) in [6.45, 7) is 4.43. The Morgan fingerprint density at radius 3 is 2.36 bits per heavy atom. The van der Waals surface area contributed by atoms with Crippen LogP contribution in [0.4, 0.5) is 5.69 Å². The van der Waals surface area contributed by atoms with Crippen LogP contribution < -0.4 is 14.5 Å². The lowest BCUT2D eigenvalue weighted by Crippen LogP contribution is -2.38. The maximum absolute atomic E-state index is 12.1. The summed E-state index contributed by atoms with van der Waals surface area (Å²) in [5.74, 6) is 0.669. The first kappa shape index (κ1) is 21.4. The Labute approximate surface area is 166 Å². The quantitative estimate of drug-likeness (QED) is 0.515. The van der Waals surface area contributed by atoms with E-state index in [1.165, 1.54) is 6.21 Å². The number of benzene rings is 2. The number of rotatable bonds is 9. The molecule has 1 amide bonds. The molecule has 1 N–H and O–H groups in total. The number of anilines is 1. The number of nitrogens with one attached hydrogen (secondary N) is 1. The Balaban J connectivity index is 1.93. The van der Waals surface area contributed by atoms with E-state index in [4.69, 9.17) is 4.74 Å². The van der Waals surface area contributed by atoms with Crippen molar-refractivity contribution in [2.24, 2.45) is 11.0 Å². The van der Waals surface area contributed by atoms with Crippen LogP contribution in [0.15, 0.2) is 59.7 Å². The van der Waals surface area contributed by atoms with E-state index in [0.29, 0.717) is 18.2 Å². The van der Waals surface area contributed by atoms with Gasteiger partial charge in [-0.2, -0.15) is 5.10 Å². The zero-order chi connectivity index (χ0) is 20.6. The first-order valence-electron chi connectivity index (χ1n) is 8.83. The molecule has 0 heterocycles. The van der Waals surface area contributed by atoms with Crippen LogP contribution in [-0.2, 0) is 14.8 Å². The van der Waals surface area contributed by atoms with Gasteiger partial charge in [0.15, 0.2) is 0 Å². The SMILES string of the molecule is CC(C)COc1ccc(/C=N\NC(=O)CN(c2ccccc2)S(C)(=O)=O)cc1. The second-order valence-electron chi connectivity index (χ2n) is 6.67. The third kappa shape index (κ3) is 7.03. The van der Waals surface area contributed by atoms with Gasteiger partial charge in [-0.1, -0.05) is 32.0 Å². The molecule has 28 heavy (non-hydrogen) atoms. The highest BCUT2D eigenvalue weighted by molar-refractivity contribution is 7.92. The van der Waals surface area contributed by atoms with Crippen LogP contribution in [0.3, 0.4) is 0 Å². The van der Waals surface area contributed by atoms with E-state index in [0.717, 1.165) is 21.9 Å². The number of nitrogens with zero attached hydrogens (tertiary/aromatic N) is 2. The summed E-state index contributed by atoms with van der Waals surface area (Å²) >= 11 is 0. The van der Waals surface area contributed by atoms with Crippen LogP contribution in [-0.4, -0.2) is 39.9 Å². The van der Waals surface area contributed by atoms with E-state index in [-0.39, 0.29) is 6.54 Å². The zero-order valence-electron chi connectivity index (χ0n) is 16.2. The van der Waals surface area contributed by atoms with Gasteiger partial charge in [-0.25, -0.2) is 13.8 Å². The molecule has 0 aliphatic carbocycles. The molecule has 0 fully saturated rings. The maximum atomic E-state index is 12.1. The van der Waals surface area contributed by atoms with E-state index in [1.807, 2.05) is 24.3 Å². The molecule has 7 nitrogen and oxygen atoms in total. The van der Waals surface area contributed by atoms with Gasteiger partial charge in [0.1, 0.15) is 12.3 Å². The molecule has 0 radical (unpaired) electrons. The van der Waals surface area contributed by atoms with Crippen LogP contribution in [0.2, 0.25) is 0 Å². The number of amides is 1. The van der Waals surface area contributed by atoms with Crippen molar-refractivity contribution in [2.45, 2.75) is 13.8 Å². The Hall–Kier alpha value is -2.87. The molecule has 0 atom stereocenters. The lowest BCUT2D eigenvalue weighted by atomic mass is 10.2. The predicted octanol–water partition coefficient (Wildman–Crippen LogP) is 2.64. The number of hydrogen-bond donors (Lipinski definition) is 1. The second kappa shape index (κ2) is 9.89. The largest absolute Gasteiger partial charge is 0.493 e. The fraction of sp³-hybridized carbons (Fsp3) is 0.300. The van der Waals surface area contributed by atoms with Crippen LogP contribution in [0.1, 0.15) is 19.4 Å². The molecule has 0 bridgehead atoms. The van der Waals surface area contributed by atoms with Gasteiger partial charge in [-0.3, -0.25) is 9.10 Å². The Kier molecular flexibility index (Phi) is 7.57. The summed E-state index contributed by atoms with van der Waals surface area (Å²) in [6, 6.07) is 15.7. The van der Waals surface area contributed by atoms with Gasteiger partial charge in [0.2, 0.25) is 10.0 Å². The molecule has 2 rings (SSSR count). The lowest BCUT2D eigenvalue weighted by Gasteiger charge is -2.21. The van der Waals surface area contributed by atoms with Gasteiger partial charge >= 0.3 is 0 Å². The summed E-state index contributed by atoms with van der Waals surface area (Å²) in [7, 11) is -3.60. The standard InChI is InChI=1S/C20H25N3O4S/c1-16(2)15-27-19-11-9-17(10-12-19)13-21-22-20(24)14-23(28(3,25)26)18-7-5-4-6-8-18/h4-13,16H,14-15H2,1-3H3,(H,22,24)/b21-13-. The highest BCUT2D eigenvalue weighted by atomic mass is 32.2. The summed E-state index contributed by atoms with van der Waals surface area (Å²) < 4.78 is 30.6. The van der Waals surface area contributed by atoms with Crippen molar-refractivity contribution < 1.29 is 17.9 Å². The third-order valence-corrected chi connectivity index (χ3v) is 4.74. The molecule has 0 saturated heterocycles. The molecule has 150 valence electrons. The average Bonchev–Trinajstić information content (AvgIpc) is 2.65. The second-order valence-corrected chi connectivity index (χ2v) is 8.58. The minimum atomic E-state index is -3.60. The van der Waals surface area contributed by atoms with Crippen molar-refractivity contribution in [3.8, 4) is 5.75 Å². The van der Waals surface area contributed by atoms with E-state index < -0.39 is 15.9 Å². The number of para-hydroxylation sites is 1. The van der Waals surface area contributed by atoms with Crippen molar-refractivity contribution in [2.75, 3.05) is 23.7 Å². The van der Waals surface area contributed by atoms with Gasteiger partial charge in [0.05, 0.1) is 24.8 Å². The molecule has 2 aromatic rings. The molecule has 0 spiro atoms. The molecule has 2 aromatic carbocycles. The van der Waals surface area contributed by atoms with Crippen molar-refractivity contribution in [3.05, 3.63) is 60.2 Å². The minimum Gasteiger partial charge on any atom is -0.493 e. The number of hydrogen-bond acceptors (Lipinski definition) is 5. The van der Waals surface area contributed by atoms with Gasteiger partial charge in [0, 0.05) is 0 Å². The zero-order valence-corrected chi connectivity index (χ0v) is 17.0. The number of carbonyl (C=O) groups is 1. The average molecular weight is 404 g/mol. The van der Waals surface area contributed by atoms with Crippen molar-refractivity contribution in [3.63, 3.8) is 0 Å². The third-order valence-electron chi connectivity index (χ3n) is 3.60. The van der Waals surface area contributed by atoms with Gasteiger partial charge in [0.25, 0.3) is 5.91 Å². The molecular weight excluding hydrogens is 378 g/mol. The normalized spacial score (nSPS) is 11.6. The molecule has 0 unspecified atom stereocenters. The summed E-state index contributed by atoms with van der Waals surface area (Å²) in [4.78, 5) is 12.1. The highest BCUT2D eigenvalue weighted by Crippen LogP contribution is 2.16. The number of hydrazone groups is 1. The molecule has 0 aliphatic rings. The monoisotopic (exact) mass is 403 g/mol. The Bertz CT molecular complexity index is 895. The molecular formula is C20H25N3O4S. The fourth-order valence-electron chi connectivity index (χ4n) is 2.25.